The zero-order valence-corrected chi connectivity index (χ0v) is 16.2. The Morgan fingerprint density at radius 3 is 2.62 bits per heavy atom. The second-order valence-electron chi connectivity index (χ2n) is 7.82. The zero-order valence-electron chi connectivity index (χ0n) is 16.2. The predicted molar refractivity (Wildman–Crippen MR) is 101 cm³/mol. The van der Waals surface area contributed by atoms with Gasteiger partial charge in [0.05, 0.1) is 17.7 Å². The summed E-state index contributed by atoms with van der Waals surface area (Å²) in [6, 6.07) is -0.421. The number of hydrogen-bond donors (Lipinski definition) is 4. The van der Waals surface area contributed by atoms with Gasteiger partial charge in [0.1, 0.15) is 0 Å². The van der Waals surface area contributed by atoms with Crippen molar-refractivity contribution in [3.8, 4) is 0 Å². The highest BCUT2D eigenvalue weighted by molar-refractivity contribution is 5.90. The molecule has 4 N–H and O–H groups in total. The number of aromatic amines is 1. The minimum atomic E-state index is -0.711. The number of carbonyl (C=O) groups is 3. The van der Waals surface area contributed by atoms with E-state index in [0.29, 0.717) is 12.8 Å². The number of nitrogens with zero attached hydrogens (tertiary/aromatic N) is 2. The average Bonchev–Trinajstić information content (AvgIpc) is 3.45. The van der Waals surface area contributed by atoms with Crippen LogP contribution in [0.15, 0.2) is 12.4 Å². The van der Waals surface area contributed by atoms with E-state index >= 15 is 0 Å². The summed E-state index contributed by atoms with van der Waals surface area (Å²) in [5, 5.41) is 20.0. The lowest BCUT2D eigenvalue weighted by Crippen LogP contribution is -2.48. The molecule has 0 bridgehead atoms. The number of piperidine rings is 1. The van der Waals surface area contributed by atoms with Crippen molar-refractivity contribution >= 4 is 18.3 Å². The van der Waals surface area contributed by atoms with Gasteiger partial charge in [0, 0.05) is 38.0 Å². The van der Waals surface area contributed by atoms with Gasteiger partial charge in [0.2, 0.25) is 5.91 Å². The topological polar surface area (TPSA) is 145 Å². The fraction of sp³-hybridized carbons (Fsp3) is 0.684. The van der Waals surface area contributed by atoms with Crippen LogP contribution >= 0.6 is 0 Å². The number of aromatic nitrogens is 2. The molecule has 3 atom stereocenters. The fourth-order valence-electron chi connectivity index (χ4n) is 4.54. The summed E-state index contributed by atoms with van der Waals surface area (Å²) in [6.45, 7) is 2.02. The largest absolute Gasteiger partial charge is 0.483 e. The number of nitrogens with one attached hydrogen (secondary N) is 2. The van der Waals surface area contributed by atoms with Crippen molar-refractivity contribution in [1.82, 2.24) is 20.2 Å². The molecular weight excluding hydrogens is 380 g/mol. The summed E-state index contributed by atoms with van der Waals surface area (Å²) in [5.41, 5.74) is -0.00841. The van der Waals surface area contributed by atoms with Gasteiger partial charge in [-0.2, -0.15) is 0 Å². The minimum Gasteiger partial charge on any atom is -0.483 e. The van der Waals surface area contributed by atoms with Gasteiger partial charge in [-0.3, -0.25) is 14.4 Å². The molecule has 4 rings (SSSR count). The van der Waals surface area contributed by atoms with Crippen LogP contribution in [0.5, 0.6) is 0 Å². The SMILES string of the molecule is O=C(N[C@H]1C[C@H](C(=O)N2CCC3(CCCO3)CC2)C[C@@H]1O)c1ncc[nH]1.O=CO. The first-order valence-electron chi connectivity index (χ1n) is 9.97. The van der Waals surface area contributed by atoms with Gasteiger partial charge >= 0.3 is 0 Å². The Kier molecular flexibility index (Phi) is 6.86. The maximum Gasteiger partial charge on any atom is 0.290 e. The van der Waals surface area contributed by atoms with Crippen molar-refractivity contribution in [1.29, 1.82) is 0 Å². The Labute approximate surface area is 168 Å². The molecule has 1 saturated carbocycles. The van der Waals surface area contributed by atoms with Gasteiger partial charge < -0.3 is 30.2 Å². The van der Waals surface area contributed by atoms with Crippen molar-refractivity contribution in [3.05, 3.63) is 18.2 Å². The number of imidazole rings is 1. The molecule has 3 heterocycles. The summed E-state index contributed by atoms with van der Waals surface area (Å²) in [4.78, 5) is 41.9. The third-order valence-electron chi connectivity index (χ3n) is 6.08. The van der Waals surface area contributed by atoms with Crippen molar-refractivity contribution in [2.45, 2.75) is 56.3 Å². The smallest absolute Gasteiger partial charge is 0.290 e. The summed E-state index contributed by atoms with van der Waals surface area (Å²) in [7, 11) is 0. The molecule has 0 unspecified atom stereocenters. The third-order valence-corrected chi connectivity index (χ3v) is 6.08. The molecule has 2 aliphatic heterocycles. The molecular formula is C19H28N4O6. The number of ether oxygens (including phenoxy) is 1. The number of hydrogen-bond acceptors (Lipinski definition) is 6. The highest BCUT2D eigenvalue weighted by Gasteiger charge is 2.43. The average molecular weight is 408 g/mol. The number of likely N-dealkylation sites (tertiary alicyclic amines) is 1. The van der Waals surface area contributed by atoms with E-state index in [0.717, 1.165) is 45.4 Å². The van der Waals surface area contributed by atoms with E-state index in [1.165, 1.54) is 6.20 Å². The Hall–Kier alpha value is -2.46. The fourth-order valence-corrected chi connectivity index (χ4v) is 4.54. The molecule has 1 aromatic heterocycles. The Bertz CT molecular complexity index is 694. The number of amides is 2. The maximum atomic E-state index is 12.9. The first kappa shape index (κ1) is 21.3. The molecule has 29 heavy (non-hydrogen) atoms. The number of aliphatic hydroxyl groups excluding tert-OH is 1. The number of carboxylic acid groups (broad SMARTS) is 1. The third kappa shape index (κ3) is 4.94. The van der Waals surface area contributed by atoms with E-state index in [1.807, 2.05) is 4.90 Å². The first-order valence-corrected chi connectivity index (χ1v) is 9.97. The quantitative estimate of drug-likeness (QED) is 0.521. The van der Waals surface area contributed by atoms with Gasteiger partial charge in [0.15, 0.2) is 5.82 Å². The van der Waals surface area contributed by atoms with E-state index < -0.39 is 12.1 Å². The van der Waals surface area contributed by atoms with Crippen LogP contribution in [0.25, 0.3) is 0 Å². The van der Waals surface area contributed by atoms with Gasteiger partial charge in [-0.05, 0) is 38.5 Å². The molecule has 2 saturated heterocycles. The van der Waals surface area contributed by atoms with E-state index in [4.69, 9.17) is 14.6 Å². The van der Waals surface area contributed by atoms with Crippen molar-refractivity contribution < 1.29 is 29.3 Å². The summed E-state index contributed by atoms with van der Waals surface area (Å²) in [6.07, 6.45) is 7.21. The van der Waals surface area contributed by atoms with Crippen LogP contribution < -0.4 is 5.32 Å². The Morgan fingerprint density at radius 1 is 1.31 bits per heavy atom. The Balaban J connectivity index is 0.000000755. The highest BCUT2D eigenvalue weighted by atomic mass is 16.5. The molecule has 0 aromatic carbocycles. The van der Waals surface area contributed by atoms with Gasteiger partial charge in [-0.15, -0.1) is 0 Å². The van der Waals surface area contributed by atoms with Gasteiger partial charge in [0.25, 0.3) is 12.4 Å². The highest BCUT2D eigenvalue weighted by Crippen LogP contribution is 2.37. The molecule has 10 heteroatoms. The lowest BCUT2D eigenvalue weighted by molar-refractivity contribution is -0.140. The van der Waals surface area contributed by atoms with Crippen LogP contribution in [0.2, 0.25) is 0 Å². The van der Waals surface area contributed by atoms with Crippen LogP contribution in [0, 0.1) is 5.92 Å². The standard InChI is InChI=1S/C18H26N4O4.CH2O2/c23-14-11-12(10-13(14)21-16(24)15-19-5-6-20-15)17(25)22-7-3-18(4-8-22)2-1-9-26-18;2-1-3/h5-6,12-14,23H,1-4,7-11H2,(H,19,20)(H,21,24);1H,(H,2,3)/t12-,13-,14-;/m0./s1. The predicted octanol–water partition coefficient (Wildman–Crippen LogP) is 0.151. The molecule has 10 nitrogen and oxygen atoms in total. The first-order chi connectivity index (χ1) is 14.0. The van der Waals surface area contributed by atoms with E-state index in [-0.39, 0.29) is 35.6 Å². The van der Waals surface area contributed by atoms with Gasteiger partial charge in [-0.1, -0.05) is 0 Å². The number of carbonyl (C=O) groups excluding carboxylic acids is 2. The normalized spacial score (nSPS) is 27.9. The number of H-pyrrole nitrogens is 1. The molecule has 3 fully saturated rings. The number of aliphatic hydroxyl groups is 1. The van der Waals surface area contributed by atoms with Crippen molar-refractivity contribution in [2.75, 3.05) is 19.7 Å². The van der Waals surface area contributed by atoms with E-state index in [1.54, 1.807) is 6.20 Å². The maximum absolute atomic E-state index is 12.9. The molecule has 0 radical (unpaired) electrons. The van der Waals surface area contributed by atoms with E-state index in [2.05, 4.69) is 15.3 Å². The van der Waals surface area contributed by atoms with Crippen molar-refractivity contribution in [3.63, 3.8) is 0 Å². The van der Waals surface area contributed by atoms with E-state index in [9.17, 15) is 14.7 Å². The monoisotopic (exact) mass is 408 g/mol. The van der Waals surface area contributed by atoms with Crippen LogP contribution in [0.3, 0.4) is 0 Å². The molecule has 2 amide bonds. The molecule has 1 aromatic rings. The lowest BCUT2D eigenvalue weighted by Gasteiger charge is -2.39. The molecule has 3 aliphatic rings. The van der Waals surface area contributed by atoms with Crippen LogP contribution in [-0.4, -0.2) is 80.8 Å². The molecule has 1 spiro atoms. The van der Waals surface area contributed by atoms with Crippen LogP contribution in [0.1, 0.15) is 49.1 Å². The minimum absolute atomic E-state index is 0.00841. The molecule has 1 aliphatic carbocycles. The molecule has 160 valence electrons. The Morgan fingerprint density at radius 2 is 2.03 bits per heavy atom. The van der Waals surface area contributed by atoms with Crippen LogP contribution in [0.4, 0.5) is 0 Å². The number of rotatable bonds is 3. The van der Waals surface area contributed by atoms with Gasteiger partial charge in [-0.25, -0.2) is 4.98 Å². The second-order valence-corrected chi connectivity index (χ2v) is 7.82. The summed E-state index contributed by atoms with van der Waals surface area (Å²) in [5.74, 6) is -0.299. The summed E-state index contributed by atoms with van der Waals surface area (Å²) < 4.78 is 5.91. The summed E-state index contributed by atoms with van der Waals surface area (Å²) >= 11 is 0. The zero-order chi connectivity index (χ0) is 20.9. The lowest BCUT2D eigenvalue weighted by atomic mass is 9.88. The van der Waals surface area contributed by atoms with Crippen LogP contribution in [-0.2, 0) is 14.3 Å². The van der Waals surface area contributed by atoms with Crippen molar-refractivity contribution in [2.24, 2.45) is 5.92 Å². The second kappa shape index (κ2) is 9.36.